The Morgan fingerprint density at radius 1 is 0.511 bits per heavy atom. The fourth-order valence-electron chi connectivity index (χ4n) is 3.59. The highest BCUT2D eigenvalue weighted by Crippen LogP contribution is 2.13. The predicted molar refractivity (Wildman–Crippen MR) is 201 cm³/mol. The number of hydrogen-bond acceptors (Lipinski definition) is 9. The number of nitrogens with one attached hydrogen (secondary N) is 2. The van der Waals surface area contributed by atoms with E-state index < -0.39 is 0 Å². The van der Waals surface area contributed by atoms with Crippen molar-refractivity contribution in [1.29, 1.82) is 0 Å². The zero-order valence-corrected chi connectivity index (χ0v) is 34.1. The maximum atomic E-state index is 9.42. The molecular weight excluding hydrogens is 596 g/mol. The van der Waals surface area contributed by atoms with Crippen molar-refractivity contribution < 1.29 is 34.3 Å². The van der Waals surface area contributed by atoms with Crippen LogP contribution in [0.3, 0.4) is 0 Å². The summed E-state index contributed by atoms with van der Waals surface area (Å²) in [5.74, 6) is 1.71. The van der Waals surface area contributed by atoms with Gasteiger partial charge in [-0.1, -0.05) is 61.8 Å². The first kappa shape index (κ1) is 53.4. The lowest BCUT2D eigenvalue weighted by molar-refractivity contribution is -0.0225. The Hall–Kier alpha value is -0.360. The van der Waals surface area contributed by atoms with Crippen LogP contribution in [-0.4, -0.2) is 110 Å². The van der Waals surface area contributed by atoms with Crippen LogP contribution in [0.2, 0.25) is 0 Å². The first-order valence-electron chi connectivity index (χ1n) is 18.6. The Bertz CT molecular complexity index is 554. The normalized spacial score (nSPS) is 13.6. The Kier molecular flexibility index (Phi) is 42.0. The van der Waals surface area contributed by atoms with E-state index in [9.17, 15) is 5.11 Å². The van der Waals surface area contributed by atoms with Crippen molar-refractivity contribution in [1.82, 2.24) is 10.6 Å². The third kappa shape index (κ3) is 55.3. The minimum absolute atomic E-state index is 0.0765. The van der Waals surface area contributed by atoms with E-state index in [1.54, 1.807) is 0 Å². The molecule has 0 aliphatic heterocycles. The van der Waals surface area contributed by atoms with Gasteiger partial charge < -0.3 is 44.9 Å². The standard InChI is InChI=1S/C11H24O2.C10H22O2.C9H21NO2.C8H19NO/c1-9(2)5-6-11(7-12)8-13-10(3)4;1-8(2)5-6-10(11)7-12-9(3)4;1-7(2)10-5-9(6-11)12-8(3)4;1-7(2)9-5-6-10-8(3)4/h9-12H,5-8H2,1-4H3;8-11H,5-7H2,1-4H3;7-11H,5-6H2,1-4H3;7-9H,5-6H2,1-4H3. The second-order valence-corrected chi connectivity index (χ2v) is 15.0. The van der Waals surface area contributed by atoms with E-state index >= 15 is 0 Å². The lowest BCUT2D eigenvalue weighted by Gasteiger charge is -2.19. The summed E-state index contributed by atoms with van der Waals surface area (Å²) >= 11 is 0. The van der Waals surface area contributed by atoms with E-state index in [-0.39, 0.29) is 43.7 Å². The van der Waals surface area contributed by atoms with Crippen molar-refractivity contribution >= 4 is 0 Å². The van der Waals surface area contributed by atoms with Crippen molar-refractivity contribution in [2.75, 3.05) is 46.1 Å². The van der Waals surface area contributed by atoms with Crippen LogP contribution < -0.4 is 10.6 Å². The molecule has 3 atom stereocenters. The van der Waals surface area contributed by atoms with Gasteiger partial charge in [0, 0.05) is 37.7 Å². The highest BCUT2D eigenvalue weighted by molar-refractivity contribution is 4.63. The topological polar surface area (TPSA) is 122 Å². The van der Waals surface area contributed by atoms with E-state index in [0.717, 1.165) is 32.4 Å². The van der Waals surface area contributed by atoms with E-state index in [4.69, 9.17) is 29.2 Å². The molecule has 9 heteroatoms. The Morgan fingerprint density at radius 2 is 0.979 bits per heavy atom. The van der Waals surface area contributed by atoms with Gasteiger partial charge in [-0.25, -0.2) is 0 Å². The molecule has 0 radical (unpaired) electrons. The molecule has 5 N–H and O–H groups in total. The van der Waals surface area contributed by atoms with Gasteiger partial charge in [-0.05, 0) is 86.5 Å². The van der Waals surface area contributed by atoms with Crippen LogP contribution in [0.15, 0.2) is 0 Å². The first-order chi connectivity index (χ1) is 21.8. The summed E-state index contributed by atoms with van der Waals surface area (Å²) in [6, 6.07) is 1.01. The van der Waals surface area contributed by atoms with Crippen LogP contribution in [0.4, 0.5) is 0 Å². The maximum Gasteiger partial charge on any atom is 0.0933 e. The second-order valence-electron chi connectivity index (χ2n) is 15.0. The van der Waals surface area contributed by atoms with Gasteiger partial charge in [-0.3, -0.25) is 0 Å². The molecular formula is C38H86N2O7. The molecule has 0 bridgehead atoms. The summed E-state index contributed by atoms with van der Waals surface area (Å²) < 4.78 is 21.5. The zero-order valence-electron chi connectivity index (χ0n) is 34.1. The summed E-state index contributed by atoms with van der Waals surface area (Å²) in [6.45, 7) is 37.2. The fraction of sp³-hybridized carbons (Fsp3) is 1.00. The van der Waals surface area contributed by atoms with Gasteiger partial charge in [-0.2, -0.15) is 0 Å². The molecule has 47 heavy (non-hydrogen) atoms. The molecule has 0 aromatic carbocycles. The minimum Gasteiger partial charge on any atom is -0.396 e. The molecule has 3 unspecified atom stereocenters. The number of aliphatic hydroxyl groups is 3. The van der Waals surface area contributed by atoms with Gasteiger partial charge in [0.15, 0.2) is 0 Å². The predicted octanol–water partition coefficient (Wildman–Crippen LogP) is 6.84. The third-order valence-electron chi connectivity index (χ3n) is 6.30. The third-order valence-corrected chi connectivity index (χ3v) is 6.30. The highest BCUT2D eigenvalue weighted by Gasteiger charge is 2.10. The largest absolute Gasteiger partial charge is 0.396 e. The lowest BCUT2D eigenvalue weighted by Crippen LogP contribution is -2.36. The SMILES string of the molecule is CC(C)CCC(CO)COC(C)C.CC(C)CCC(O)COC(C)C.CC(C)NCC(CO)OC(C)C.CC(C)NCCOC(C)C. The summed E-state index contributed by atoms with van der Waals surface area (Å²) in [5.41, 5.74) is 0. The molecule has 290 valence electrons. The molecule has 0 rings (SSSR count). The number of hydrogen-bond donors (Lipinski definition) is 5. The van der Waals surface area contributed by atoms with Crippen molar-refractivity contribution in [2.45, 2.75) is 185 Å². The molecule has 9 nitrogen and oxygen atoms in total. The quantitative estimate of drug-likeness (QED) is 0.0697. The summed E-state index contributed by atoms with van der Waals surface area (Å²) in [7, 11) is 0. The maximum absolute atomic E-state index is 9.42. The number of aliphatic hydroxyl groups excluding tert-OH is 3. The monoisotopic (exact) mass is 683 g/mol. The van der Waals surface area contributed by atoms with Crippen LogP contribution in [0.25, 0.3) is 0 Å². The molecule has 0 spiro atoms. The average Bonchev–Trinajstić information content (AvgIpc) is 2.95. The fourth-order valence-corrected chi connectivity index (χ4v) is 3.59. The van der Waals surface area contributed by atoms with Gasteiger partial charge in [0.05, 0.1) is 63.1 Å². The van der Waals surface area contributed by atoms with Gasteiger partial charge in [-0.15, -0.1) is 0 Å². The minimum atomic E-state index is -0.283. The molecule has 0 heterocycles. The number of rotatable bonds is 24. The molecule has 0 fully saturated rings. The smallest absolute Gasteiger partial charge is 0.0933 e. The highest BCUT2D eigenvalue weighted by atomic mass is 16.5. The van der Waals surface area contributed by atoms with E-state index in [2.05, 4.69) is 79.9 Å². The van der Waals surface area contributed by atoms with Crippen molar-refractivity contribution in [3.8, 4) is 0 Å². The van der Waals surface area contributed by atoms with Crippen molar-refractivity contribution in [3.05, 3.63) is 0 Å². The molecule has 0 saturated heterocycles. The van der Waals surface area contributed by atoms with Crippen LogP contribution in [0, 0.1) is 17.8 Å². The second kappa shape index (κ2) is 36.9. The lowest BCUT2D eigenvalue weighted by atomic mass is 9.99. The van der Waals surface area contributed by atoms with Gasteiger partial charge >= 0.3 is 0 Å². The van der Waals surface area contributed by atoms with E-state index in [1.807, 2.05) is 41.5 Å². The molecule has 0 saturated carbocycles. The summed E-state index contributed by atoms with van der Waals surface area (Å²) in [4.78, 5) is 0. The van der Waals surface area contributed by atoms with Gasteiger partial charge in [0.25, 0.3) is 0 Å². The van der Waals surface area contributed by atoms with Crippen LogP contribution in [0.1, 0.15) is 136 Å². The Balaban J connectivity index is -0.000000263. The van der Waals surface area contributed by atoms with Gasteiger partial charge in [0.1, 0.15) is 0 Å². The Morgan fingerprint density at radius 3 is 1.36 bits per heavy atom. The molecule has 0 aliphatic rings. The number of ether oxygens (including phenoxy) is 4. The first-order valence-corrected chi connectivity index (χ1v) is 18.6. The molecule has 0 aromatic rings. The van der Waals surface area contributed by atoms with Crippen LogP contribution >= 0.6 is 0 Å². The molecule has 0 amide bonds. The van der Waals surface area contributed by atoms with E-state index in [1.165, 1.54) is 6.42 Å². The van der Waals surface area contributed by atoms with E-state index in [0.29, 0.717) is 55.7 Å². The van der Waals surface area contributed by atoms with Gasteiger partial charge in [0.2, 0.25) is 0 Å². The average molecular weight is 683 g/mol. The van der Waals surface area contributed by atoms with Crippen molar-refractivity contribution in [2.24, 2.45) is 17.8 Å². The zero-order chi connectivity index (χ0) is 37.4. The summed E-state index contributed by atoms with van der Waals surface area (Å²) in [5, 5.41) is 33.9. The van der Waals surface area contributed by atoms with Crippen LogP contribution in [-0.2, 0) is 18.9 Å². The van der Waals surface area contributed by atoms with Crippen LogP contribution in [0.5, 0.6) is 0 Å². The molecule has 0 aliphatic carbocycles. The summed E-state index contributed by atoms with van der Waals surface area (Å²) in [6.07, 6.45) is 4.83. The van der Waals surface area contributed by atoms with Crippen molar-refractivity contribution in [3.63, 3.8) is 0 Å². The molecule has 0 aromatic heterocycles. The Labute approximate surface area is 293 Å².